The summed E-state index contributed by atoms with van der Waals surface area (Å²) in [7, 11) is 0. The van der Waals surface area contributed by atoms with Crippen LogP contribution in [0.15, 0.2) is 60.7 Å². The van der Waals surface area contributed by atoms with Crippen molar-refractivity contribution in [3.8, 4) is 0 Å². The van der Waals surface area contributed by atoms with Crippen LogP contribution < -0.4 is 5.32 Å². The monoisotopic (exact) mass is 369 g/mol. The molecule has 0 saturated carbocycles. The Hall–Kier alpha value is -1.67. The van der Waals surface area contributed by atoms with E-state index in [4.69, 9.17) is 4.74 Å². The van der Waals surface area contributed by atoms with Crippen molar-refractivity contribution in [1.82, 2.24) is 5.32 Å². The van der Waals surface area contributed by atoms with Crippen LogP contribution in [0.5, 0.6) is 0 Å². The van der Waals surface area contributed by atoms with Gasteiger partial charge in [0.2, 0.25) is 0 Å². The van der Waals surface area contributed by atoms with Crippen LogP contribution in [0, 0.1) is 0 Å². The molecule has 24 heavy (non-hydrogen) atoms. The normalized spacial score (nSPS) is 12.1. The third-order valence-corrected chi connectivity index (χ3v) is 3.23. The summed E-state index contributed by atoms with van der Waals surface area (Å²) in [5.74, 6) is 0. The molecule has 2 atom stereocenters. The van der Waals surface area contributed by atoms with Gasteiger partial charge < -0.3 is 20.3 Å². The lowest BCUT2D eigenvalue weighted by Gasteiger charge is -2.22. The number of nitrogens with one attached hydrogen (secondary N) is 1. The molecule has 0 aromatic heterocycles. The van der Waals surface area contributed by atoms with Crippen LogP contribution in [-0.2, 0) is 11.3 Å². The van der Waals surface area contributed by atoms with E-state index in [1.165, 1.54) is 0 Å². The Balaban J connectivity index is 0.00000264. The summed E-state index contributed by atoms with van der Waals surface area (Å²) in [5, 5.41) is 22.0. The second-order valence-corrected chi connectivity index (χ2v) is 4.85. The number of amides is 1. The van der Waals surface area contributed by atoms with E-state index < -0.39 is 24.8 Å². The molecule has 2 aromatic carbocycles. The van der Waals surface area contributed by atoms with Crippen LogP contribution in [0.1, 0.15) is 17.2 Å². The van der Waals surface area contributed by atoms with Gasteiger partial charge in [-0.1, -0.05) is 60.7 Å². The minimum Gasteiger partial charge on any atom is -0.445 e. The summed E-state index contributed by atoms with van der Waals surface area (Å²) >= 11 is 0. The molecule has 0 spiro atoms. The van der Waals surface area contributed by atoms with Crippen molar-refractivity contribution in [2.75, 3.05) is 6.61 Å². The van der Waals surface area contributed by atoms with Crippen LogP contribution in [0.2, 0.25) is 0 Å². The highest BCUT2D eigenvalue weighted by atomic mass is 32.1. The molecule has 5 nitrogen and oxygen atoms in total. The van der Waals surface area contributed by atoms with Gasteiger partial charge in [-0.05, 0) is 11.1 Å². The Kier molecular flexibility index (Phi) is 11.0. The van der Waals surface area contributed by atoms with Crippen molar-refractivity contribution in [2.24, 2.45) is 0 Å². The molecule has 2 aromatic rings. The van der Waals surface area contributed by atoms with Gasteiger partial charge in [-0.15, -0.1) is 0 Å². The summed E-state index contributed by atoms with van der Waals surface area (Å²) in [5.41, 5.74) is 1.48. The molecule has 0 heterocycles. The van der Waals surface area contributed by atoms with Crippen molar-refractivity contribution >= 4 is 33.1 Å². The number of hydrogen-bond donors (Lipinski definition) is 3. The highest BCUT2D eigenvalue weighted by Gasteiger charge is 2.22. The van der Waals surface area contributed by atoms with Crippen LogP contribution in [0.3, 0.4) is 0 Å². The Labute approximate surface area is 155 Å². The van der Waals surface area contributed by atoms with Crippen molar-refractivity contribution in [3.63, 3.8) is 0 Å². The topological polar surface area (TPSA) is 78.8 Å². The van der Waals surface area contributed by atoms with Crippen molar-refractivity contribution < 1.29 is 19.7 Å². The van der Waals surface area contributed by atoms with Crippen LogP contribution in [0.25, 0.3) is 0 Å². The molecule has 0 bridgehead atoms. The van der Waals surface area contributed by atoms with Gasteiger partial charge in [0.15, 0.2) is 0 Å². The molecule has 132 valence electrons. The molecular formula is C17H23NO4S2. The molecule has 0 aliphatic rings. The first-order valence-corrected chi connectivity index (χ1v) is 7.02. The predicted molar refractivity (Wildman–Crippen MR) is 103 cm³/mol. The summed E-state index contributed by atoms with van der Waals surface area (Å²) in [6, 6.07) is 17.3. The van der Waals surface area contributed by atoms with E-state index >= 15 is 0 Å². The molecule has 0 unspecified atom stereocenters. The fraction of sp³-hybridized carbons (Fsp3) is 0.235. The third-order valence-electron chi connectivity index (χ3n) is 3.23. The van der Waals surface area contributed by atoms with Gasteiger partial charge in [-0.3, -0.25) is 0 Å². The van der Waals surface area contributed by atoms with E-state index in [0.717, 1.165) is 5.56 Å². The zero-order chi connectivity index (χ0) is 15.8. The summed E-state index contributed by atoms with van der Waals surface area (Å²) in [4.78, 5) is 11.8. The summed E-state index contributed by atoms with van der Waals surface area (Å²) in [6.45, 7) is -0.261. The first-order chi connectivity index (χ1) is 10.7. The van der Waals surface area contributed by atoms with Gasteiger partial charge >= 0.3 is 6.09 Å². The van der Waals surface area contributed by atoms with E-state index in [1.54, 1.807) is 24.3 Å². The number of aliphatic hydroxyl groups excluding tert-OH is 2. The van der Waals surface area contributed by atoms with Gasteiger partial charge in [0.05, 0.1) is 12.6 Å². The number of alkyl carbamates (subject to hydrolysis) is 1. The number of rotatable bonds is 6. The Morgan fingerprint density at radius 2 is 1.54 bits per heavy atom. The number of benzene rings is 2. The van der Waals surface area contributed by atoms with Crippen molar-refractivity contribution in [3.05, 3.63) is 71.8 Å². The lowest BCUT2D eigenvalue weighted by Crippen LogP contribution is -2.42. The fourth-order valence-electron chi connectivity index (χ4n) is 2.02. The van der Waals surface area contributed by atoms with Gasteiger partial charge in [0.25, 0.3) is 0 Å². The van der Waals surface area contributed by atoms with Gasteiger partial charge in [-0.2, -0.15) is 27.0 Å². The largest absolute Gasteiger partial charge is 0.445 e. The van der Waals surface area contributed by atoms with E-state index in [-0.39, 0.29) is 33.6 Å². The lowest BCUT2D eigenvalue weighted by atomic mass is 10.0. The fourth-order valence-corrected chi connectivity index (χ4v) is 2.02. The van der Waals surface area contributed by atoms with Crippen molar-refractivity contribution in [2.45, 2.75) is 18.8 Å². The SMILES string of the molecule is O=C(N[C@@H](CO)[C@@H](O)c1ccccc1)OCc1ccccc1.S.S. The highest BCUT2D eigenvalue weighted by Crippen LogP contribution is 2.16. The number of carbonyl (C=O) groups is 1. The molecule has 0 aliphatic carbocycles. The smallest absolute Gasteiger partial charge is 0.407 e. The molecule has 1 amide bonds. The molecule has 0 aliphatic heterocycles. The maximum absolute atomic E-state index is 11.8. The molecule has 0 fully saturated rings. The second-order valence-electron chi connectivity index (χ2n) is 4.85. The summed E-state index contributed by atoms with van der Waals surface area (Å²) in [6.07, 6.45) is -1.69. The second kappa shape index (κ2) is 11.8. The number of hydrogen-bond acceptors (Lipinski definition) is 4. The minimum absolute atomic E-state index is 0. The molecule has 0 saturated heterocycles. The highest BCUT2D eigenvalue weighted by molar-refractivity contribution is 7.59. The van der Waals surface area contributed by atoms with E-state index in [2.05, 4.69) is 5.32 Å². The zero-order valence-corrected chi connectivity index (χ0v) is 15.1. The zero-order valence-electron chi connectivity index (χ0n) is 13.1. The Morgan fingerprint density at radius 1 is 1.00 bits per heavy atom. The minimum atomic E-state index is -1.00. The third kappa shape index (κ3) is 6.84. The standard InChI is InChI=1S/C17H19NO4.2H2S/c19-11-15(16(20)14-9-5-2-6-10-14)18-17(21)22-12-13-7-3-1-4-8-13;;/h1-10,15-16,19-20H,11-12H2,(H,18,21);2*1H2/t15-,16-;;/m0../s1. The number of aliphatic hydroxyl groups is 2. The average Bonchev–Trinajstić information content (AvgIpc) is 2.59. The number of ether oxygens (including phenoxy) is 1. The maximum atomic E-state index is 11.8. The molecular weight excluding hydrogens is 346 g/mol. The van der Waals surface area contributed by atoms with Crippen LogP contribution in [-0.4, -0.2) is 29.0 Å². The first kappa shape index (κ1) is 22.3. The Morgan fingerprint density at radius 3 is 2.08 bits per heavy atom. The molecule has 2 rings (SSSR count). The van der Waals surface area contributed by atoms with Crippen LogP contribution in [0.4, 0.5) is 4.79 Å². The van der Waals surface area contributed by atoms with E-state index in [1.807, 2.05) is 36.4 Å². The lowest BCUT2D eigenvalue weighted by molar-refractivity contribution is 0.0763. The molecule has 0 radical (unpaired) electrons. The predicted octanol–water partition coefficient (Wildman–Crippen LogP) is 2.23. The van der Waals surface area contributed by atoms with Gasteiger partial charge in [-0.25, -0.2) is 4.79 Å². The first-order valence-electron chi connectivity index (χ1n) is 7.02. The number of carbonyl (C=O) groups excluding carboxylic acids is 1. The van der Waals surface area contributed by atoms with Gasteiger partial charge in [0.1, 0.15) is 12.7 Å². The summed E-state index contributed by atoms with van der Waals surface area (Å²) < 4.78 is 5.07. The van der Waals surface area contributed by atoms with Crippen LogP contribution >= 0.6 is 27.0 Å². The van der Waals surface area contributed by atoms with E-state index in [9.17, 15) is 15.0 Å². The maximum Gasteiger partial charge on any atom is 0.407 e. The van der Waals surface area contributed by atoms with Crippen molar-refractivity contribution in [1.29, 1.82) is 0 Å². The quantitative estimate of drug-likeness (QED) is 0.730. The molecule has 3 N–H and O–H groups in total. The van der Waals surface area contributed by atoms with Gasteiger partial charge in [0, 0.05) is 0 Å². The average molecular weight is 370 g/mol. The van der Waals surface area contributed by atoms with E-state index in [0.29, 0.717) is 5.56 Å². The Bertz CT molecular complexity index is 584. The molecule has 7 heteroatoms.